The number of hydrogen-bond donors (Lipinski definition) is 2. The molecule has 0 radical (unpaired) electrons. The summed E-state index contributed by atoms with van der Waals surface area (Å²) < 4.78 is 0. The molecule has 4 nitrogen and oxygen atoms in total. The fourth-order valence-corrected chi connectivity index (χ4v) is 3.56. The molecule has 1 aliphatic rings. The molecule has 0 fully saturated rings. The first-order valence-corrected chi connectivity index (χ1v) is 9.71. The lowest BCUT2D eigenvalue weighted by molar-refractivity contribution is -0.113. The largest absolute Gasteiger partial charge is 0.324 e. The molecule has 136 valence electrons. The molecule has 0 aromatic heterocycles. The summed E-state index contributed by atoms with van der Waals surface area (Å²) in [5.41, 5.74) is 3.58. The van der Waals surface area contributed by atoms with Crippen LogP contribution in [-0.2, 0) is 4.79 Å². The van der Waals surface area contributed by atoms with Crippen molar-refractivity contribution in [2.75, 3.05) is 16.4 Å². The van der Waals surface area contributed by atoms with Crippen LogP contribution in [0, 0.1) is 11.8 Å². The number of benzene rings is 3. The molecule has 1 heterocycles. The first-order chi connectivity index (χ1) is 13.7. The van der Waals surface area contributed by atoms with E-state index < -0.39 is 0 Å². The molecular weight excluding hydrogens is 368 g/mol. The van der Waals surface area contributed by atoms with Gasteiger partial charge in [-0.25, -0.2) is 0 Å². The van der Waals surface area contributed by atoms with Crippen molar-refractivity contribution in [3.8, 4) is 11.8 Å². The summed E-state index contributed by atoms with van der Waals surface area (Å²) in [6.07, 6.45) is 0. The molecule has 1 aliphatic heterocycles. The SMILES string of the molecule is O=C1CSc2ccc(C(=O)Nc3cccc(C#Cc4ccccc4)c3)cc2N1. The van der Waals surface area contributed by atoms with Crippen molar-refractivity contribution in [2.24, 2.45) is 0 Å². The summed E-state index contributed by atoms with van der Waals surface area (Å²) in [6, 6.07) is 22.5. The molecule has 0 saturated heterocycles. The normalized spacial score (nSPS) is 12.2. The van der Waals surface area contributed by atoms with Gasteiger partial charge in [0.25, 0.3) is 5.91 Å². The van der Waals surface area contributed by atoms with Crippen LogP contribution in [0.5, 0.6) is 0 Å². The Bertz CT molecular complexity index is 1110. The number of hydrogen-bond acceptors (Lipinski definition) is 3. The predicted molar refractivity (Wildman–Crippen MR) is 113 cm³/mol. The molecule has 28 heavy (non-hydrogen) atoms. The Labute approximate surface area is 167 Å². The third kappa shape index (κ3) is 4.25. The molecular formula is C23H16N2O2S. The Hall–Kier alpha value is -3.49. The second-order valence-corrected chi connectivity index (χ2v) is 7.22. The molecule has 5 heteroatoms. The number of carbonyl (C=O) groups is 2. The van der Waals surface area contributed by atoms with Crippen LogP contribution in [0.3, 0.4) is 0 Å². The highest BCUT2D eigenvalue weighted by molar-refractivity contribution is 8.00. The van der Waals surface area contributed by atoms with Crippen molar-refractivity contribution in [2.45, 2.75) is 4.90 Å². The summed E-state index contributed by atoms with van der Waals surface area (Å²) in [5.74, 6) is 6.32. The van der Waals surface area contributed by atoms with Crippen LogP contribution in [0.4, 0.5) is 11.4 Å². The van der Waals surface area contributed by atoms with Crippen LogP contribution in [0.1, 0.15) is 21.5 Å². The maximum atomic E-state index is 12.6. The lowest BCUT2D eigenvalue weighted by atomic mass is 10.1. The van der Waals surface area contributed by atoms with Crippen LogP contribution in [0.2, 0.25) is 0 Å². The number of anilines is 2. The lowest BCUT2D eigenvalue weighted by Gasteiger charge is -2.17. The third-order valence-electron chi connectivity index (χ3n) is 4.12. The minimum atomic E-state index is -0.235. The van der Waals surface area contributed by atoms with Gasteiger partial charge in [0.15, 0.2) is 0 Å². The summed E-state index contributed by atoms with van der Waals surface area (Å²) in [5, 5.41) is 5.69. The van der Waals surface area contributed by atoms with E-state index in [0.29, 0.717) is 22.7 Å². The van der Waals surface area contributed by atoms with Crippen molar-refractivity contribution in [3.05, 3.63) is 89.5 Å². The van der Waals surface area contributed by atoms with E-state index in [0.717, 1.165) is 16.0 Å². The van der Waals surface area contributed by atoms with Gasteiger partial charge >= 0.3 is 0 Å². The molecule has 2 amide bonds. The summed E-state index contributed by atoms with van der Waals surface area (Å²) >= 11 is 1.47. The number of rotatable bonds is 2. The number of amides is 2. The highest BCUT2D eigenvalue weighted by Crippen LogP contribution is 2.32. The molecule has 3 aromatic rings. The van der Waals surface area contributed by atoms with Gasteiger partial charge in [-0.2, -0.15) is 0 Å². The Morgan fingerprint density at radius 3 is 2.57 bits per heavy atom. The zero-order chi connectivity index (χ0) is 19.3. The number of carbonyl (C=O) groups excluding carboxylic acids is 2. The molecule has 4 rings (SSSR count). The molecule has 3 aromatic carbocycles. The molecule has 0 bridgehead atoms. The number of thioether (sulfide) groups is 1. The third-order valence-corrected chi connectivity index (χ3v) is 5.19. The summed E-state index contributed by atoms with van der Waals surface area (Å²) in [4.78, 5) is 25.1. The lowest BCUT2D eigenvalue weighted by Crippen LogP contribution is -2.19. The van der Waals surface area contributed by atoms with Gasteiger partial charge in [0.2, 0.25) is 5.91 Å². The van der Waals surface area contributed by atoms with Gasteiger partial charge in [0, 0.05) is 27.3 Å². The van der Waals surface area contributed by atoms with Crippen molar-refractivity contribution >= 4 is 35.0 Å². The van der Waals surface area contributed by atoms with Crippen molar-refractivity contribution in [1.82, 2.24) is 0 Å². The van der Waals surface area contributed by atoms with E-state index in [1.165, 1.54) is 11.8 Å². The van der Waals surface area contributed by atoms with E-state index >= 15 is 0 Å². The van der Waals surface area contributed by atoms with Gasteiger partial charge < -0.3 is 10.6 Å². The van der Waals surface area contributed by atoms with Crippen molar-refractivity contribution in [1.29, 1.82) is 0 Å². The minimum Gasteiger partial charge on any atom is -0.324 e. The van der Waals surface area contributed by atoms with Crippen molar-refractivity contribution < 1.29 is 9.59 Å². The molecule has 2 N–H and O–H groups in total. The van der Waals surface area contributed by atoms with Gasteiger partial charge in [-0.3, -0.25) is 9.59 Å². The number of nitrogens with one attached hydrogen (secondary N) is 2. The fraction of sp³-hybridized carbons (Fsp3) is 0.0435. The Morgan fingerprint density at radius 1 is 0.929 bits per heavy atom. The smallest absolute Gasteiger partial charge is 0.255 e. The second-order valence-electron chi connectivity index (χ2n) is 6.20. The highest BCUT2D eigenvalue weighted by Gasteiger charge is 2.17. The standard InChI is InChI=1S/C23H16N2O2S/c26-22-15-28-21-12-11-18(14-20(21)25-22)23(27)24-19-8-4-7-17(13-19)10-9-16-5-2-1-3-6-16/h1-8,11-14H,15H2,(H,24,27)(H,25,26). The zero-order valence-corrected chi connectivity index (χ0v) is 15.7. The van der Waals surface area contributed by atoms with Gasteiger partial charge in [0.1, 0.15) is 0 Å². The van der Waals surface area contributed by atoms with Crippen LogP contribution >= 0.6 is 11.8 Å². The maximum Gasteiger partial charge on any atom is 0.255 e. The van der Waals surface area contributed by atoms with Gasteiger partial charge in [0.05, 0.1) is 11.4 Å². The summed E-state index contributed by atoms with van der Waals surface area (Å²) in [6.45, 7) is 0. The first kappa shape index (κ1) is 17.9. The second kappa shape index (κ2) is 8.03. The zero-order valence-electron chi connectivity index (χ0n) is 14.9. The predicted octanol–water partition coefficient (Wildman–Crippen LogP) is 4.38. The Kier molecular flexibility index (Phi) is 5.14. The maximum absolute atomic E-state index is 12.6. The average Bonchev–Trinajstić information content (AvgIpc) is 2.72. The van der Waals surface area contributed by atoms with Crippen LogP contribution in [-0.4, -0.2) is 17.6 Å². The van der Waals surface area contributed by atoms with Crippen LogP contribution < -0.4 is 10.6 Å². The molecule has 0 aliphatic carbocycles. The van der Waals surface area contributed by atoms with Gasteiger partial charge in [-0.15, -0.1) is 11.8 Å². The fourth-order valence-electron chi connectivity index (χ4n) is 2.77. The summed E-state index contributed by atoms with van der Waals surface area (Å²) in [7, 11) is 0. The van der Waals surface area contributed by atoms with E-state index in [9.17, 15) is 9.59 Å². The van der Waals surface area contributed by atoms with Gasteiger partial charge in [-0.1, -0.05) is 36.1 Å². The Balaban J connectivity index is 1.50. The van der Waals surface area contributed by atoms with E-state index in [4.69, 9.17) is 0 Å². The van der Waals surface area contributed by atoms with E-state index in [2.05, 4.69) is 22.5 Å². The highest BCUT2D eigenvalue weighted by atomic mass is 32.2. The van der Waals surface area contributed by atoms with Crippen molar-refractivity contribution in [3.63, 3.8) is 0 Å². The quantitative estimate of drug-likeness (QED) is 0.645. The van der Waals surface area contributed by atoms with Crippen LogP contribution in [0.25, 0.3) is 0 Å². The first-order valence-electron chi connectivity index (χ1n) is 8.72. The molecule has 0 unspecified atom stereocenters. The average molecular weight is 384 g/mol. The van der Waals surface area contributed by atoms with E-state index in [-0.39, 0.29) is 11.8 Å². The topological polar surface area (TPSA) is 58.2 Å². The Morgan fingerprint density at radius 2 is 1.71 bits per heavy atom. The van der Waals surface area contributed by atoms with Crippen LogP contribution in [0.15, 0.2) is 77.7 Å². The monoisotopic (exact) mass is 384 g/mol. The van der Waals surface area contributed by atoms with E-state index in [1.54, 1.807) is 12.1 Å². The number of fused-ring (bicyclic) bond motifs is 1. The minimum absolute atomic E-state index is 0.0558. The molecule has 0 saturated carbocycles. The molecule has 0 atom stereocenters. The van der Waals surface area contributed by atoms with E-state index in [1.807, 2.05) is 60.7 Å². The molecule has 0 spiro atoms. The van der Waals surface area contributed by atoms with Gasteiger partial charge in [-0.05, 0) is 48.5 Å².